The summed E-state index contributed by atoms with van der Waals surface area (Å²) in [6.07, 6.45) is 22.2. The molecule has 0 radical (unpaired) electrons. The number of benzene rings is 1. The van der Waals surface area contributed by atoms with Gasteiger partial charge in [-0.2, -0.15) is 10.5 Å². The highest BCUT2D eigenvalue weighted by molar-refractivity contribution is 5.57. The van der Waals surface area contributed by atoms with Gasteiger partial charge in [0.25, 0.3) is 0 Å². The van der Waals surface area contributed by atoms with Crippen molar-refractivity contribution >= 4 is 0 Å². The Morgan fingerprint density at radius 2 is 1.56 bits per heavy atom. The molecule has 0 bridgehead atoms. The summed E-state index contributed by atoms with van der Waals surface area (Å²) >= 11 is 0. The summed E-state index contributed by atoms with van der Waals surface area (Å²) < 4.78 is 5.89. The molecule has 3 nitrogen and oxygen atoms in total. The van der Waals surface area contributed by atoms with Gasteiger partial charge in [0.2, 0.25) is 0 Å². The first kappa shape index (κ1) is 26.0. The molecule has 1 aliphatic carbocycles. The molecule has 0 unspecified atom stereocenters. The third-order valence-corrected chi connectivity index (χ3v) is 6.88. The normalized spacial score (nSPS) is 18.4. The molecular weight excluding hydrogens is 392 g/mol. The van der Waals surface area contributed by atoms with Crippen molar-refractivity contribution in [2.75, 3.05) is 6.61 Å². The number of nitrogens with zero attached hydrogens (tertiary/aromatic N) is 2. The molecule has 0 amide bonds. The zero-order valence-corrected chi connectivity index (χ0v) is 20.4. The fraction of sp³-hybridized carbons (Fsp3) is 0.655. The molecule has 1 aromatic carbocycles. The number of allylic oxidation sites excluding steroid dienone is 1. The van der Waals surface area contributed by atoms with Crippen molar-refractivity contribution in [3.05, 3.63) is 41.0 Å². The maximum atomic E-state index is 9.62. The van der Waals surface area contributed by atoms with Crippen molar-refractivity contribution in [1.29, 1.82) is 10.5 Å². The van der Waals surface area contributed by atoms with Crippen molar-refractivity contribution in [2.45, 2.75) is 104 Å². The third-order valence-electron chi connectivity index (χ3n) is 6.88. The van der Waals surface area contributed by atoms with Gasteiger partial charge in [-0.15, -0.1) is 0 Å². The van der Waals surface area contributed by atoms with E-state index < -0.39 is 0 Å². The van der Waals surface area contributed by atoms with Crippen molar-refractivity contribution in [1.82, 2.24) is 0 Å². The van der Waals surface area contributed by atoms with Gasteiger partial charge in [0.05, 0.1) is 5.56 Å². The van der Waals surface area contributed by atoms with E-state index in [-0.39, 0.29) is 0 Å². The first-order chi connectivity index (χ1) is 15.7. The van der Waals surface area contributed by atoms with E-state index in [0.29, 0.717) is 29.4 Å². The van der Waals surface area contributed by atoms with E-state index in [9.17, 15) is 10.5 Å². The molecule has 2 rings (SSSR count). The van der Waals surface area contributed by atoms with Gasteiger partial charge in [-0.25, -0.2) is 0 Å². The molecule has 32 heavy (non-hydrogen) atoms. The fourth-order valence-corrected chi connectivity index (χ4v) is 4.85. The molecule has 0 N–H and O–H groups in total. The van der Waals surface area contributed by atoms with Crippen LogP contribution in [0, 0.1) is 34.5 Å². The first-order valence-corrected chi connectivity index (χ1v) is 13.0. The Labute approximate surface area is 196 Å². The summed E-state index contributed by atoms with van der Waals surface area (Å²) in [6.45, 7) is 4.89. The minimum Gasteiger partial charge on any atom is -0.488 e. The molecule has 1 saturated carbocycles. The lowest BCUT2D eigenvalue weighted by atomic mass is 9.79. The number of hydrogen-bond donors (Lipinski definition) is 0. The Morgan fingerprint density at radius 1 is 0.875 bits per heavy atom. The van der Waals surface area contributed by atoms with Gasteiger partial charge in [0.15, 0.2) is 0 Å². The van der Waals surface area contributed by atoms with Crippen molar-refractivity contribution in [3.8, 4) is 17.9 Å². The van der Waals surface area contributed by atoms with Gasteiger partial charge in [-0.3, -0.25) is 0 Å². The Bertz CT molecular complexity index is 776. The van der Waals surface area contributed by atoms with Crippen LogP contribution in [-0.4, -0.2) is 6.61 Å². The monoisotopic (exact) mass is 434 g/mol. The fourth-order valence-electron chi connectivity index (χ4n) is 4.85. The second-order valence-corrected chi connectivity index (χ2v) is 9.38. The number of ether oxygens (including phenoxy) is 1. The zero-order chi connectivity index (χ0) is 23.0. The van der Waals surface area contributed by atoms with Gasteiger partial charge in [-0.1, -0.05) is 83.4 Å². The van der Waals surface area contributed by atoms with Crippen LogP contribution in [-0.2, 0) is 6.42 Å². The highest BCUT2D eigenvalue weighted by Gasteiger charge is 2.19. The molecule has 0 aromatic heterocycles. The van der Waals surface area contributed by atoms with Gasteiger partial charge >= 0.3 is 0 Å². The van der Waals surface area contributed by atoms with E-state index in [2.05, 4.69) is 38.1 Å². The van der Waals surface area contributed by atoms with Crippen molar-refractivity contribution < 1.29 is 4.74 Å². The van der Waals surface area contributed by atoms with Crippen LogP contribution in [0.5, 0.6) is 5.75 Å². The van der Waals surface area contributed by atoms with E-state index in [4.69, 9.17) is 4.74 Å². The lowest BCUT2D eigenvalue weighted by Gasteiger charge is -2.26. The van der Waals surface area contributed by atoms with Crippen LogP contribution in [0.4, 0.5) is 0 Å². The SMILES string of the molecule is CCCCCCCC1CCC(C=CCOc2ccc(CCCCC)c(C#N)c2C#N)CC1. The second-order valence-electron chi connectivity index (χ2n) is 9.38. The van der Waals surface area contributed by atoms with E-state index in [0.717, 1.165) is 37.2 Å². The average molecular weight is 435 g/mol. The molecule has 0 saturated heterocycles. The summed E-state index contributed by atoms with van der Waals surface area (Å²) in [6, 6.07) is 8.25. The minimum absolute atomic E-state index is 0.384. The number of hydrogen-bond acceptors (Lipinski definition) is 3. The van der Waals surface area contributed by atoms with Crippen LogP contribution in [0.3, 0.4) is 0 Å². The maximum Gasteiger partial charge on any atom is 0.138 e. The summed E-state index contributed by atoms with van der Waals surface area (Å²) in [7, 11) is 0. The van der Waals surface area contributed by atoms with Crippen molar-refractivity contribution in [2.24, 2.45) is 11.8 Å². The minimum atomic E-state index is 0.384. The molecular formula is C29H42N2O. The molecule has 3 heteroatoms. The van der Waals surface area contributed by atoms with Gasteiger partial charge < -0.3 is 4.74 Å². The lowest BCUT2D eigenvalue weighted by molar-refractivity contribution is 0.287. The van der Waals surface area contributed by atoms with Crippen LogP contribution in [0.15, 0.2) is 24.3 Å². The first-order valence-electron chi connectivity index (χ1n) is 13.0. The predicted octanol–water partition coefficient (Wildman–Crippen LogP) is 8.26. The van der Waals surface area contributed by atoms with Gasteiger partial charge in [0, 0.05) is 0 Å². The number of nitriles is 2. The van der Waals surface area contributed by atoms with Crippen molar-refractivity contribution in [3.63, 3.8) is 0 Å². The second kappa shape index (κ2) is 15.5. The van der Waals surface area contributed by atoms with Crippen LogP contribution in [0.1, 0.15) is 114 Å². The number of rotatable bonds is 14. The van der Waals surface area contributed by atoms with E-state index in [1.54, 1.807) is 0 Å². The Kier molecular flexibility index (Phi) is 12.6. The molecule has 1 aromatic rings. The van der Waals surface area contributed by atoms with Gasteiger partial charge in [-0.05, 0) is 62.0 Å². The molecule has 0 heterocycles. The summed E-state index contributed by atoms with van der Waals surface area (Å²) in [4.78, 5) is 0. The zero-order valence-electron chi connectivity index (χ0n) is 20.4. The number of unbranched alkanes of at least 4 members (excludes halogenated alkanes) is 6. The van der Waals surface area contributed by atoms with E-state index in [1.807, 2.05) is 12.1 Å². The topological polar surface area (TPSA) is 56.8 Å². The van der Waals surface area contributed by atoms with Crippen LogP contribution in [0.25, 0.3) is 0 Å². The highest BCUT2D eigenvalue weighted by atomic mass is 16.5. The Balaban J connectivity index is 1.77. The van der Waals surface area contributed by atoms with E-state index in [1.165, 1.54) is 64.2 Å². The standard InChI is InChI=1S/C29H42N2O/c1-3-5-7-8-10-12-24-15-17-25(18-16-24)13-11-21-32-29-20-19-26(14-9-6-4-2)27(22-30)28(29)23-31/h11,13,19-20,24-25H,3-10,12,14-18,21H2,1-2H3. The highest BCUT2D eigenvalue weighted by Crippen LogP contribution is 2.33. The average Bonchev–Trinajstić information content (AvgIpc) is 2.82. The molecule has 0 spiro atoms. The smallest absolute Gasteiger partial charge is 0.138 e. The largest absolute Gasteiger partial charge is 0.488 e. The predicted molar refractivity (Wildman–Crippen MR) is 133 cm³/mol. The summed E-state index contributed by atoms with van der Waals surface area (Å²) in [5.41, 5.74) is 1.83. The Hall–Kier alpha value is -2.26. The Morgan fingerprint density at radius 3 is 2.25 bits per heavy atom. The quantitative estimate of drug-likeness (QED) is 0.219. The van der Waals surface area contributed by atoms with E-state index >= 15 is 0 Å². The summed E-state index contributed by atoms with van der Waals surface area (Å²) in [5, 5.41) is 19.2. The van der Waals surface area contributed by atoms with Crippen LogP contribution >= 0.6 is 0 Å². The molecule has 1 fully saturated rings. The molecule has 0 atom stereocenters. The number of aryl methyl sites for hydroxylation is 1. The van der Waals surface area contributed by atoms with Crippen LogP contribution < -0.4 is 4.74 Å². The van der Waals surface area contributed by atoms with Crippen LogP contribution in [0.2, 0.25) is 0 Å². The molecule has 174 valence electrons. The molecule has 1 aliphatic rings. The van der Waals surface area contributed by atoms with Gasteiger partial charge in [0.1, 0.15) is 30.1 Å². The molecule has 0 aliphatic heterocycles. The summed E-state index contributed by atoms with van der Waals surface area (Å²) in [5.74, 6) is 2.11. The lowest BCUT2D eigenvalue weighted by Crippen LogP contribution is -2.13. The maximum absolute atomic E-state index is 9.62. The third kappa shape index (κ3) is 8.70.